The smallest absolute Gasteiger partial charge is 0.306 e. The highest BCUT2D eigenvalue weighted by atomic mass is 16.5. The molecule has 1 N–H and O–H groups in total. The number of carbonyl (C=O) groups is 2. The van der Waals surface area contributed by atoms with Gasteiger partial charge in [0.1, 0.15) is 0 Å². The lowest BCUT2D eigenvalue weighted by molar-refractivity contribution is -0.143. The molecule has 0 heterocycles. The molecule has 0 aromatic rings. The van der Waals surface area contributed by atoms with Gasteiger partial charge in [-0.05, 0) is 25.7 Å². The third-order valence-corrected chi connectivity index (χ3v) is 2.91. The first-order valence-electron chi connectivity index (χ1n) is 7.00. The lowest BCUT2D eigenvalue weighted by atomic mass is 9.96. The zero-order chi connectivity index (χ0) is 13.8. The first-order chi connectivity index (χ1) is 8.61. The van der Waals surface area contributed by atoms with Crippen LogP contribution in [-0.4, -0.2) is 23.7 Å². The second-order valence-electron chi connectivity index (χ2n) is 4.64. The van der Waals surface area contributed by atoms with E-state index in [0.717, 1.165) is 38.5 Å². The minimum absolute atomic E-state index is 0.169. The van der Waals surface area contributed by atoms with Gasteiger partial charge in [0.25, 0.3) is 0 Å². The van der Waals surface area contributed by atoms with Gasteiger partial charge in [0.05, 0.1) is 12.5 Å². The SMILES string of the molecule is CCCCC(CCCCC(=O)OCCC)C(=O)O. The summed E-state index contributed by atoms with van der Waals surface area (Å²) in [4.78, 5) is 22.2. The van der Waals surface area contributed by atoms with Crippen LogP contribution < -0.4 is 0 Å². The molecule has 0 aliphatic carbocycles. The molecule has 0 amide bonds. The Morgan fingerprint density at radius 1 is 1.06 bits per heavy atom. The molecule has 0 aromatic carbocycles. The van der Waals surface area contributed by atoms with Crippen LogP contribution in [0, 0.1) is 5.92 Å². The topological polar surface area (TPSA) is 63.6 Å². The molecule has 0 aliphatic heterocycles. The summed E-state index contributed by atoms with van der Waals surface area (Å²) in [5, 5.41) is 9.03. The van der Waals surface area contributed by atoms with Crippen LogP contribution in [0.2, 0.25) is 0 Å². The lowest BCUT2D eigenvalue weighted by Crippen LogP contribution is -2.14. The predicted octanol–water partition coefficient (Wildman–Crippen LogP) is 3.39. The van der Waals surface area contributed by atoms with Gasteiger partial charge in [-0.3, -0.25) is 9.59 Å². The highest BCUT2D eigenvalue weighted by Gasteiger charge is 2.16. The summed E-state index contributed by atoms with van der Waals surface area (Å²) in [7, 11) is 0. The van der Waals surface area contributed by atoms with Crippen molar-refractivity contribution in [2.45, 2.75) is 65.2 Å². The molecular weight excluding hydrogens is 232 g/mol. The fourth-order valence-corrected chi connectivity index (χ4v) is 1.79. The highest BCUT2D eigenvalue weighted by Crippen LogP contribution is 2.17. The van der Waals surface area contributed by atoms with Crippen LogP contribution in [-0.2, 0) is 14.3 Å². The number of carboxylic acid groups (broad SMARTS) is 1. The summed E-state index contributed by atoms with van der Waals surface area (Å²) in [6.07, 6.45) is 6.12. The van der Waals surface area contributed by atoms with Gasteiger partial charge in [-0.15, -0.1) is 0 Å². The van der Waals surface area contributed by atoms with Gasteiger partial charge in [0.2, 0.25) is 0 Å². The summed E-state index contributed by atoms with van der Waals surface area (Å²) in [6, 6.07) is 0. The maximum atomic E-state index is 11.2. The maximum absolute atomic E-state index is 11.2. The van der Waals surface area contributed by atoms with Crippen LogP contribution in [0.5, 0.6) is 0 Å². The molecule has 1 unspecified atom stereocenters. The summed E-state index contributed by atoms with van der Waals surface area (Å²) in [5.41, 5.74) is 0. The molecule has 0 saturated carbocycles. The summed E-state index contributed by atoms with van der Waals surface area (Å²) in [6.45, 7) is 4.49. The summed E-state index contributed by atoms with van der Waals surface area (Å²) in [5.74, 6) is -1.13. The Labute approximate surface area is 110 Å². The fraction of sp³-hybridized carbons (Fsp3) is 0.857. The Morgan fingerprint density at radius 3 is 2.28 bits per heavy atom. The van der Waals surface area contributed by atoms with E-state index in [2.05, 4.69) is 6.92 Å². The van der Waals surface area contributed by atoms with E-state index in [4.69, 9.17) is 9.84 Å². The van der Waals surface area contributed by atoms with Crippen molar-refractivity contribution in [2.24, 2.45) is 5.92 Å². The fourth-order valence-electron chi connectivity index (χ4n) is 1.79. The Kier molecular flexibility index (Phi) is 10.4. The Bertz CT molecular complexity index is 238. The van der Waals surface area contributed by atoms with Crippen molar-refractivity contribution >= 4 is 11.9 Å². The van der Waals surface area contributed by atoms with Crippen molar-refractivity contribution in [3.63, 3.8) is 0 Å². The van der Waals surface area contributed by atoms with E-state index >= 15 is 0 Å². The van der Waals surface area contributed by atoms with Crippen molar-refractivity contribution < 1.29 is 19.4 Å². The minimum atomic E-state index is -0.711. The van der Waals surface area contributed by atoms with E-state index in [1.165, 1.54) is 0 Å². The van der Waals surface area contributed by atoms with Gasteiger partial charge in [-0.2, -0.15) is 0 Å². The van der Waals surface area contributed by atoms with E-state index in [0.29, 0.717) is 19.4 Å². The number of hydrogen-bond donors (Lipinski definition) is 1. The number of carboxylic acids is 1. The molecule has 0 saturated heterocycles. The monoisotopic (exact) mass is 258 g/mol. The molecule has 1 atom stereocenters. The average molecular weight is 258 g/mol. The summed E-state index contributed by atoms with van der Waals surface area (Å²) < 4.78 is 4.96. The third kappa shape index (κ3) is 9.02. The molecule has 0 bridgehead atoms. The molecular formula is C14H26O4. The van der Waals surface area contributed by atoms with E-state index in [9.17, 15) is 9.59 Å². The summed E-state index contributed by atoms with van der Waals surface area (Å²) >= 11 is 0. The molecule has 0 fully saturated rings. The van der Waals surface area contributed by atoms with Crippen molar-refractivity contribution in [3.05, 3.63) is 0 Å². The zero-order valence-corrected chi connectivity index (χ0v) is 11.6. The van der Waals surface area contributed by atoms with Crippen LogP contribution in [0.4, 0.5) is 0 Å². The number of hydrogen-bond acceptors (Lipinski definition) is 3. The Hall–Kier alpha value is -1.06. The molecule has 4 heteroatoms. The predicted molar refractivity (Wildman–Crippen MR) is 70.4 cm³/mol. The van der Waals surface area contributed by atoms with Gasteiger partial charge in [-0.25, -0.2) is 0 Å². The van der Waals surface area contributed by atoms with Crippen molar-refractivity contribution in [2.75, 3.05) is 6.61 Å². The van der Waals surface area contributed by atoms with Gasteiger partial charge in [0, 0.05) is 6.42 Å². The molecule has 4 nitrogen and oxygen atoms in total. The van der Waals surface area contributed by atoms with Gasteiger partial charge in [-0.1, -0.05) is 33.1 Å². The molecule has 106 valence electrons. The van der Waals surface area contributed by atoms with Crippen LogP contribution in [0.25, 0.3) is 0 Å². The van der Waals surface area contributed by atoms with Crippen molar-refractivity contribution in [3.8, 4) is 0 Å². The standard InChI is InChI=1S/C14H26O4/c1-3-5-8-12(14(16)17)9-6-7-10-13(15)18-11-4-2/h12H,3-11H2,1-2H3,(H,16,17). The van der Waals surface area contributed by atoms with Crippen molar-refractivity contribution in [1.29, 1.82) is 0 Å². The number of rotatable bonds is 11. The van der Waals surface area contributed by atoms with Gasteiger partial charge >= 0.3 is 11.9 Å². The van der Waals surface area contributed by atoms with Crippen LogP contribution in [0.1, 0.15) is 65.2 Å². The number of aliphatic carboxylic acids is 1. The van der Waals surface area contributed by atoms with Crippen molar-refractivity contribution in [1.82, 2.24) is 0 Å². The number of ether oxygens (including phenoxy) is 1. The molecule has 0 aliphatic rings. The van der Waals surface area contributed by atoms with Crippen LogP contribution >= 0.6 is 0 Å². The quantitative estimate of drug-likeness (QED) is 0.456. The molecule has 18 heavy (non-hydrogen) atoms. The molecule has 0 spiro atoms. The maximum Gasteiger partial charge on any atom is 0.306 e. The van der Waals surface area contributed by atoms with Gasteiger partial charge in [0.15, 0.2) is 0 Å². The largest absolute Gasteiger partial charge is 0.481 e. The van der Waals surface area contributed by atoms with E-state index in [-0.39, 0.29) is 11.9 Å². The number of carbonyl (C=O) groups excluding carboxylic acids is 1. The number of unbranched alkanes of at least 4 members (excludes halogenated alkanes) is 2. The van der Waals surface area contributed by atoms with Crippen LogP contribution in [0.15, 0.2) is 0 Å². The first kappa shape index (κ1) is 16.9. The van der Waals surface area contributed by atoms with E-state index in [1.807, 2.05) is 6.92 Å². The molecule has 0 radical (unpaired) electrons. The highest BCUT2D eigenvalue weighted by molar-refractivity contribution is 5.70. The second kappa shape index (κ2) is 11.1. The third-order valence-electron chi connectivity index (χ3n) is 2.91. The van der Waals surface area contributed by atoms with Gasteiger partial charge < -0.3 is 9.84 Å². The first-order valence-corrected chi connectivity index (χ1v) is 7.00. The molecule has 0 rings (SSSR count). The van der Waals surface area contributed by atoms with E-state index in [1.54, 1.807) is 0 Å². The number of esters is 1. The van der Waals surface area contributed by atoms with E-state index < -0.39 is 5.97 Å². The Morgan fingerprint density at radius 2 is 1.72 bits per heavy atom. The average Bonchev–Trinajstić information content (AvgIpc) is 2.34. The lowest BCUT2D eigenvalue weighted by Gasteiger charge is -2.11. The molecule has 0 aromatic heterocycles. The Balaban J connectivity index is 3.66. The normalized spacial score (nSPS) is 12.1. The minimum Gasteiger partial charge on any atom is -0.481 e. The zero-order valence-electron chi connectivity index (χ0n) is 11.6. The van der Waals surface area contributed by atoms with Crippen LogP contribution in [0.3, 0.4) is 0 Å². The second-order valence-corrected chi connectivity index (χ2v) is 4.64.